The molecule has 17 heavy (non-hydrogen) atoms. The molecule has 1 aromatic heterocycles. The summed E-state index contributed by atoms with van der Waals surface area (Å²) >= 11 is 3.30. The van der Waals surface area contributed by atoms with Crippen LogP contribution in [0.2, 0.25) is 0 Å². The number of aromatic nitrogens is 1. The van der Waals surface area contributed by atoms with Crippen molar-refractivity contribution in [3.63, 3.8) is 0 Å². The Labute approximate surface area is 108 Å². The van der Waals surface area contributed by atoms with Crippen molar-refractivity contribution in [2.24, 2.45) is 0 Å². The Hall–Kier alpha value is -1.30. The number of likely N-dealkylation sites (N-methyl/N-ethyl adjacent to an activating group) is 1. The lowest BCUT2D eigenvalue weighted by Crippen LogP contribution is -2.42. The predicted molar refractivity (Wildman–Crippen MR) is 65.2 cm³/mol. The highest BCUT2D eigenvalue weighted by atomic mass is 79.9. The summed E-state index contributed by atoms with van der Waals surface area (Å²) in [5.74, 6) is 0.643. The maximum Gasteiger partial charge on any atom is 0.407 e. The van der Waals surface area contributed by atoms with Crippen LogP contribution in [0.15, 0.2) is 22.9 Å². The van der Waals surface area contributed by atoms with E-state index in [1.54, 1.807) is 19.4 Å². The number of amides is 1. The van der Waals surface area contributed by atoms with Gasteiger partial charge in [0.2, 0.25) is 0 Å². The molecule has 1 aromatic rings. The van der Waals surface area contributed by atoms with Crippen LogP contribution in [0.25, 0.3) is 0 Å². The monoisotopic (exact) mass is 300 g/mol. The second-order valence-corrected chi connectivity index (χ2v) is 5.11. The summed E-state index contributed by atoms with van der Waals surface area (Å²) in [6.07, 6.45) is 4.05. The van der Waals surface area contributed by atoms with E-state index in [0.717, 1.165) is 17.3 Å². The van der Waals surface area contributed by atoms with E-state index in [2.05, 4.69) is 20.9 Å². The van der Waals surface area contributed by atoms with Crippen molar-refractivity contribution in [2.75, 3.05) is 13.7 Å². The first kappa shape index (κ1) is 12.2. The molecular weight excluding hydrogens is 288 g/mol. The van der Waals surface area contributed by atoms with E-state index in [1.807, 2.05) is 6.07 Å². The molecule has 0 bridgehead atoms. The van der Waals surface area contributed by atoms with Crippen molar-refractivity contribution in [1.29, 1.82) is 0 Å². The highest BCUT2D eigenvalue weighted by Gasteiger charge is 2.49. The summed E-state index contributed by atoms with van der Waals surface area (Å²) in [5.41, 5.74) is -0.353. The lowest BCUT2D eigenvalue weighted by molar-refractivity contribution is 0.109. The molecule has 92 valence electrons. The minimum atomic E-state index is -0.918. The van der Waals surface area contributed by atoms with Crippen LogP contribution in [0.4, 0.5) is 4.79 Å². The first-order valence-electron chi connectivity index (χ1n) is 5.24. The van der Waals surface area contributed by atoms with Gasteiger partial charge in [-0.15, -0.1) is 0 Å². The number of nitrogens with zero attached hydrogens (tertiary/aromatic N) is 2. The van der Waals surface area contributed by atoms with E-state index in [1.165, 1.54) is 4.90 Å². The number of rotatable bonds is 4. The van der Waals surface area contributed by atoms with Crippen molar-refractivity contribution < 1.29 is 14.6 Å². The van der Waals surface area contributed by atoms with Crippen LogP contribution in [-0.2, 0) is 0 Å². The molecule has 2 rings (SSSR count). The molecule has 0 saturated heterocycles. The van der Waals surface area contributed by atoms with Gasteiger partial charge in [-0.2, -0.15) is 0 Å². The third kappa shape index (κ3) is 2.69. The maximum atomic E-state index is 10.9. The molecule has 1 saturated carbocycles. The smallest absolute Gasteiger partial charge is 0.407 e. The Kier molecular flexibility index (Phi) is 3.24. The van der Waals surface area contributed by atoms with Crippen molar-refractivity contribution in [3.8, 4) is 5.75 Å². The number of carboxylic acid groups (broad SMARTS) is 1. The molecule has 0 radical (unpaired) electrons. The Balaban J connectivity index is 1.97. The van der Waals surface area contributed by atoms with Crippen LogP contribution in [0.1, 0.15) is 12.8 Å². The summed E-state index contributed by atoms with van der Waals surface area (Å²) in [6, 6.07) is 1.81. The normalized spacial score (nSPS) is 16.4. The average molecular weight is 301 g/mol. The fraction of sp³-hybridized carbons (Fsp3) is 0.455. The topological polar surface area (TPSA) is 62.7 Å². The number of hydrogen-bond donors (Lipinski definition) is 1. The average Bonchev–Trinajstić information content (AvgIpc) is 3.06. The van der Waals surface area contributed by atoms with Gasteiger partial charge in [-0.3, -0.25) is 4.98 Å². The molecule has 0 aliphatic heterocycles. The molecule has 1 aliphatic rings. The molecule has 0 unspecified atom stereocenters. The van der Waals surface area contributed by atoms with Crippen LogP contribution in [0.3, 0.4) is 0 Å². The Bertz CT molecular complexity index is 434. The van der Waals surface area contributed by atoms with Crippen LogP contribution in [0.5, 0.6) is 5.75 Å². The van der Waals surface area contributed by atoms with Crippen molar-refractivity contribution in [2.45, 2.75) is 18.4 Å². The molecule has 1 aliphatic carbocycles. The van der Waals surface area contributed by atoms with Crippen LogP contribution >= 0.6 is 15.9 Å². The van der Waals surface area contributed by atoms with Crippen molar-refractivity contribution in [1.82, 2.24) is 9.88 Å². The van der Waals surface area contributed by atoms with Crippen LogP contribution in [0, 0.1) is 0 Å². The van der Waals surface area contributed by atoms with Gasteiger partial charge in [-0.1, -0.05) is 0 Å². The van der Waals surface area contributed by atoms with Gasteiger partial charge in [0.15, 0.2) is 0 Å². The van der Waals surface area contributed by atoms with Gasteiger partial charge < -0.3 is 14.7 Å². The second kappa shape index (κ2) is 4.52. The summed E-state index contributed by atoms with van der Waals surface area (Å²) in [7, 11) is 1.58. The molecule has 0 atom stereocenters. The van der Waals surface area contributed by atoms with Gasteiger partial charge in [0, 0.05) is 17.7 Å². The SMILES string of the molecule is CN(C(=O)O)C1(COc2cncc(Br)c2)CC1. The van der Waals surface area contributed by atoms with E-state index in [0.29, 0.717) is 12.4 Å². The summed E-state index contributed by atoms with van der Waals surface area (Å²) in [5, 5.41) is 8.95. The lowest BCUT2D eigenvalue weighted by Gasteiger charge is -2.25. The number of pyridine rings is 1. The molecule has 0 spiro atoms. The third-order valence-corrected chi connectivity index (χ3v) is 3.45. The van der Waals surface area contributed by atoms with Gasteiger partial charge in [0.1, 0.15) is 12.4 Å². The standard InChI is InChI=1S/C11H13BrN2O3/c1-14(10(15)16)11(2-3-11)7-17-9-4-8(12)5-13-6-9/h4-6H,2-3,7H2,1H3,(H,15,16). The fourth-order valence-electron chi connectivity index (χ4n) is 1.61. The number of ether oxygens (including phenoxy) is 1. The number of halogens is 1. The first-order valence-corrected chi connectivity index (χ1v) is 6.03. The highest BCUT2D eigenvalue weighted by molar-refractivity contribution is 9.10. The zero-order valence-corrected chi connectivity index (χ0v) is 11.0. The maximum absolute atomic E-state index is 10.9. The first-order chi connectivity index (χ1) is 8.03. The van der Waals surface area contributed by atoms with Crippen molar-refractivity contribution in [3.05, 3.63) is 22.9 Å². The minimum Gasteiger partial charge on any atom is -0.489 e. The van der Waals surface area contributed by atoms with Crippen molar-refractivity contribution >= 4 is 22.0 Å². The fourth-order valence-corrected chi connectivity index (χ4v) is 1.96. The summed E-state index contributed by atoms with van der Waals surface area (Å²) < 4.78 is 6.43. The molecule has 1 amide bonds. The van der Waals surface area contributed by atoms with Gasteiger partial charge in [-0.05, 0) is 34.8 Å². The van der Waals surface area contributed by atoms with E-state index < -0.39 is 6.09 Å². The zero-order chi connectivity index (χ0) is 12.5. The molecule has 1 N–H and O–H groups in total. The van der Waals surface area contributed by atoms with Gasteiger partial charge in [-0.25, -0.2) is 4.79 Å². The molecular formula is C11H13BrN2O3. The Morgan fingerprint density at radius 3 is 2.88 bits per heavy atom. The van der Waals surface area contributed by atoms with Crippen LogP contribution in [-0.4, -0.2) is 40.3 Å². The van der Waals surface area contributed by atoms with Gasteiger partial charge in [0.25, 0.3) is 0 Å². The largest absolute Gasteiger partial charge is 0.489 e. The minimum absolute atomic E-state index is 0.353. The zero-order valence-electron chi connectivity index (χ0n) is 9.39. The third-order valence-electron chi connectivity index (χ3n) is 3.01. The molecule has 5 nitrogen and oxygen atoms in total. The quantitative estimate of drug-likeness (QED) is 0.927. The highest BCUT2D eigenvalue weighted by Crippen LogP contribution is 2.41. The Morgan fingerprint density at radius 1 is 1.65 bits per heavy atom. The Morgan fingerprint density at radius 2 is 2.35 bits per heavy atom. The molecule has 6 heteroatoms. The molecule has 1 heterocycles. The number of carbonyl (C=O) groups is 1. The van der Waals surface area contributed by atoms with Gasteiger partial charge >= 0.3 is 6.09 Å². The second-order valence-electron chi connectivity index (χ2n) is 4.19. The van der Waals surface area contributed by atoms with Gasteiger partial charge in [0.05, 0.1) is 11.7 Å². The van der Waals surface area contributed by atoms with E-state index in [-0.39, 0.29) is 5.54 Å². The van der Waals surface area contributed by atoms with E-state index in [9.17, 15) is 4.79 Å². The molecule has 0 aromatic carbocycles. The summed E-state index contributed by atoms with van der Waals surface area (Å²) in [4.78, 5) is 16.2. The summed E-state index contributed by atoms with van der Waals surface area (Å²) in [6.45, 7) is 0.369. The lowest BCUT2D eigenvalue weighted by atomic mass is 10.2. The van der Waals surface area contributed by atoms with E-state index in [4.69, 9.17) is 9.84 Å². The van der Waals surface area contributed by atoms with E-state index >= 15 is 0 Å². The predicted octanol–water partition coefficient (Wildman–Crippen LogP) is 2.37. The molecule has 1 fully saturated rings. The van der Waals surface area contributed by atoms with Crippen LogP contribution < -0.4 is 4.74 Å². The number of hydrogen-bond acceptors (Lipinski definition) is 3.